The maximum absolute atomic E-state index is 13.4. The molecule has 24 heavy (non-hydrogen) atoms. The first-order chi connectivity index (χ1) is 11.5. The highest BCUT2D eigenvalue weighted by molar-refractivity contribution is 5.83. The van der Waals surface area contributed by atoms with Crippen LogP contribution in [0, 0.1) is 12.3 Å². The van der Waals surface area contributed by atoms with Crippen molar-refractivity contribution in [1.82, 2.24) is 10.3 Å². The topological polar surface area (TPSA) is 45.2 Å². The van der Waals surface area contributed by atoms with E-state index in [2.05, 4.69) is 15.2 Å². The Hall–Kier alpha value is -1.72. The molecule has 2 heterocycles. The summed E-state index contributed by atoms with van der Waals surface area (Å²) < 4.78 is 26.9. The van der Waals surface area contributed by atoms with E-state index in [4.69, 9.17) is 0 Å². The normalized spacial score (nSPS) is 21.2. The molecule has 1 aliphatic carbocycles. The third kappa shape index (κ3) is 3.37. The van der Waals surface area contributed by atoms with Gasteiger partial charge in [-0.1, -0.05) is 18.9 Å². The minimum Gasteiger partial charge on any atom is -0.356 e. The lowest BCUT2D eigenvalue weighted by atomic mass is 9.85. The zero-order valence-corrected chi connectivity index (χ0v) is 14.1. The highest BCUT2D eigenvalue weighted by Crippen LogP contribution is 2.43. The molecule has 1 saturated heterocycles. The number of aromatic nitrogens is 1. The van der Waals surface area contributed by atoms with Gasteiger partial charge in [-0.15, -0.1) is 0 Å². The number of halogens is 2. The summed E-state index contributed by atoms with van der Waals surface area (Å²) in [6.07, 6.45) is 2.85. The number of alkyl halides is 2. The van der Waals surface area contributed by atoms with Crippen molar-refractivity contribution in [2.75, 3.05) is 18.0 Å². The number of nitrogens with zero attached hydrogens (tertiary/aromatic N) is 2. The van der Waals surface area contributed by atoms with Crippen LogP contribution in [0.25, 0.3) is 0 Å². The van der Waals surface area contributed by atoms with Gasteiger partial charge < -0.3 is 10.2 Å². The van der Waals surface area contributed by atoms with Gasteiger partial charge in [0.2, 0.25) is 5.91 Å². The van der Waals surface area contributed by atoms with Crippen LogP contribution in [-0.4, -0.2) is 36.4 Å². The van der Waals surface area contributed by atoms with Crippen molar-refractivity contribution in [3.8, 4) is 0 Å². The molecule has 0 spiro atoms. The Bertz CT molecular complexity index is 562. The Balaban J connectivity index is 1.55. The maximum Gasteiger partial charge on any atom is 0.252 e. The van der Waals surface area contributed by atoms with Crippen LogP contribution in [0.3, 0.4) is 0 Å². The number of anilines is 1. The van der Waals surface area contributed by atoms with Gasteiger partial charge in [0.25, 0.3) is 6.43 Å². The predicted octanol–water partition coefficient (Wildman–Crippen LogP) is 3.30. The molecule has 3 rings (SSSR count). The zero-order chi connectivity index (χ0) is 17.2. The standard InChI is InChI=1S/C18H25F2N3O/c1-13-4-5-15(21-12-13)23-10-6-14(7-11-23)22-17(24)18(16(19)20)8-2-3-9-18/h4-5,12,14,16H,2-3,6-11H2,1H3,(H,22,24). The van der Waals surface area contributed by atoms with Gasteiger partial charge >= 0.3 is 0 Å². The van der Waals surface area contributed by atoms with E-state index in [9.17, 15) is 13.6 Å². The van der Waals surface area contributed by atoms with Crippen molar-refractivity contribution >= 4 is 11.7 Å². The second kappa shape index (κ2) is 7.03. The lowest BCUT2D eigenvalue weighted by molar-refractivity contribution is -0.141. The van der Waals surface area contributed by atoms with E-state index in [1.54, 1.807) is 0 Å². The van der Waals surface area contributed by atoms with Gasteiger partial charge in [-0.05, 0) is 44.2 Å². The summed E-state index contributed by atoms with van der Waals surface area (Å²) in [5.41, 5.74) is -0.329. The summed E-state index contributed by atoms with van der Waals surface area (Å²) in [6.45, 7) is 3.56. The van der Waals surface area contributed by atoms with Crippen molar-refractivity contribution in [2.45, 2.75) is 57.9 Å². The molecule has 1 aromatic rings. The number of amides is 1. The summed E-state index contributed by atoms with van der Waals surface area (Å²) in [6, 6.07) is 4.01. The average molecular weight is 337 g/mol. The van der Waals surface area contributed by atoms with Gasteiger partial charge in [0.05, 0.1) is 0 Å². The molecular weight excluding hydrogens is 312 g/mol. The van der Waals surface area contributed by atoms with Gasteiger partial charge in [-0.2, -0.15) is 0 Å². The zero-order valence-electron chi connectivity index (χ0n) is 14.1. The number of carbonyl (C=O) groups is 1. The van der Waals surface area contributed by atoms with E-state index in [-0.39, 0.29) is 6.04 Å². The summed E-state index contributed by atoms with van der Waals surface area (Å²) in [5.74, 6) is 0.493. The summed E-state index contributed by atoms with van der Waals surface area (Å²) in [4.78, 5) is 19.1. The molecule has 4 nitrogen and oxygen atoms in total. The van der Waals surface area contributed by atoms with Gasteiger partial charge in [0.15, 0.2) is 0 Å². The molecular formula is C18H25F2N3O. The van der Waals surface area contributed by atoms with E-state index in [1.807, 2.05) is 25.3 Å². The number of piperidine rings is 1. The first kappa shape index (κ1) is 17.1. The molecule has 0 unspecified atom stereocenters. The summed E-state index contributed by atoms with van der Waals surface area (Å²) in [5, 5.41) is 2.90. The molecule has 2 fully saturated rings. The Morgan fingerprint density at radius 1 is 1.29 bits per heavy atom. The third-order valence-corrected chi connectivity index (χ3v) is 5.42. The Labute approximate surface area is 141 Å². The van der Waals surface area contributed by atoms with Crippen LogP contribution in [0.4, 0.5) is 14.6 Å². The van der Waals surface area contributed by atoms with Crippen LogP contribution in [0.5, 0.6) is 0 Å². The minimum atomic E-state index is -2.57. The monoisotopic (exact) mass is 337 g/mol. The van der Waals surface area contributed by atoms with Gasteiger partial charge in [-0.3, -0.25) is 4.79 Å². The molecule has 2 aliphatic rings. The van der Waals surface area contributed by atoms with Crippen LogP contribution in [-0.2, 0) is 4.79 Å². The van der Waals surface area contributed by atoms with Crippen molar-refractivity contribution in [1.29, 1.82) is 0 Å². The molecule has 0 atom stereocenters. The minimum absolute atomic E-state index is 0.0181. The predicted molar refractivity (Wildman–Crippen MR) is 89.3 cm³/mol. The van der Waals surface area contributed by atoms with E-state index in [1.165, 1.54) is 0 Å². The molecule has 1 saturated carbocycles. The van der Waals surface area contributed by atoms with Crippen LogP contribution in [0.15, 0.2) is 18.3 Å². The fourth-order valence-corrected chi connectivity index (χ4v) is 3.78. The largest absolute Gasteiger partial charge is 0.356 e. The fraction of sp³-hybridized carbons (Fsp3) is 0.667. The SMILES string of the molecule is Cc1ccc(N2CCC(NC(=O)C3(C(F)F)CCCC3)CC2)nc1. The van der Waals surface area contributed by atoms with Gasteiger partial charge in [0, 0.05) is 25.3 Å². The first-order valence-corrected chi connectivity index (χ1v) is 8.78. The summed E-state index contributed by atoms with van der Waals surface area (Å²) in [7, 11) is 0. The molecule has 6 heteroatoms. The quantitative estimate of drug-likeness (QED) is 0.917. The molecule has 1 aliphatic heterocycles. The molecule has 132 valence electrons. The molecule has 1 aromatic heterocycles. The highest BCUT2D eigenvalue weighted by atomic mass is 19.3. The Morgan fingerprint density at radius 3 is 2.50 bits per heavy atom. The second-order valence-corrected chi connectivity index (χ2v) is 7.09. The van der Waals surface area contributed by atoms with Crippen LogP contribution in [0.2, 0.25) is 0 Å². The van der Waals surface area contributed by atoms with Crippen molar-refractivity contribution in [3.05, 3.63) is 23.9 Å². The number of rotatable bonds is 4. The molecule has 1 amide bonds. The van der Waals surface area contributed by atoms with Crippen LogP contribution in [0.1, 0.15) is 44.1 Å². The summed E-state index contributed by atoms with van der Waals surface area (Å²) >= 11 is 0. The van der Waals surface area contributed by atoms with E-state index in [0.717, 1.165) is 50.2 Å². The number of nitrogens with one attached hydrogen (secondary N) is 1. The number of hydrogen-bond donors (Lipinski definition) is 1. The fourth-order valence-electron chi connectivity index (χ4n) is 3.78. The number of pyridine rings is 1. The lowest BCUT2D eigenvalue weighted by Crippen LogP contribution is -2.51. The highest BCUT2D eigenvalue weighted by Gasteiger charge is 2.49. The van der Waals surface area contributed by atoms with Crippen LogP contribution < -0.4 is 10.2 Å². The van der Waals surface area contributed by atoms with Crippen molar-refractivity contribution in [3.63, 3.8) is 0 Å². The Morgan fingerprint density at radius 2 is 1.96 bits per heavy atom. The van der Waals surface area contributed by atoms with Crippen molar-refractivity contribution in [2.24, 2.45) is 5.41 Å². The molecule has 1 N–H and O–H groups in total. The number of carbonyl (C=O) groups excluding carboxylic acids is 1. The van der Waals surface area contributed by atoms with Crippen LogP contribution >= 0.6 is 0 Å². The number of hydrogen-bond acceptors (Lipinski definition) is 3. The van der Waals surface area contributed by atoms with Gasteiger partial charge in [-0.25, -0.2) is 13.8 Å². The molecule has 0 radical (unpaired) electrons. The van der Waals surface area contributed by atoms with Crippen molar-refractivity contribution < 1.29 is 13.6 Å². The first-order valence-electron chi connectivity index (χ1n) is 8.78. The average Bonchev–Trinajstić information content (AvgIpc) is 3.08. The lowest BCUT2D eigenvalue weighted by Gasteiger charge is -2.35. The number of aryl methyl sites for hydroxylation is 1. The van der Waals surface area contributed by atoms with E-state index >= 15 is 0 Å². The smallest absolute Gasteiger partial charge is 0.252 e. The second-order valence-electron chi connectivity index (χ2n) is 7.09. The maximum atomic E-state index is 13.4. The van der Waals surface area contributed by atoms with E-state index in [0.29, 0.717) is 12.8 Å². The Kier molecular flexibility index (Phi) is 5.01. The third-order valence-electron chi connectivity index (χ3n) is 5.42. The van der Waals surface area contributed by atoms with E-state index < -0.39 is 17.7 Å². The molecule has 0 bridgehead atoms. The molecule has 0 aromatic carbocycles. The van der Waals surface area contributed by atoms with Gasteiger partial charge in [0.1, 0.15) is 11.2 Å².